The van der Waals surface area contributed by atoms with Gasteiger partial charge in [-0.05, 0) is 52.2 Å². The minimum Gasteiger partial charge on any atom is -0.369 e. The third-order valence-electron chi connectivity index (χ3n) is 6.49. The summed E-state index contributed by atoms with van der Waals surface area (Å²) in [6.45, 7) is 5.67. The van der Waals surface area contributed by atoms with Gasteiger partial charge in [-0.15, -0.1) is 5.10 Å². The molecule has 1 aliphatic rings. The summed E-state index contributed by atoms with van der Waals surface area (Å²) in [6.07, 6.45) is 0.977. The number of rotatable bonds is 8. The fourth-order valence-electron chi connectivity index (χ4n) is 4.68. The van der Waals surface area contributed by atoms with Crippen LogP contribution in [0.15, 0.2) is 84.9 Å². The topological polar surface area (TPSA) is 50.1 Å². The van der Waals surface area contributed by atoms with E-state index in [4.69, 9.17) is 0 Å². The van der Waals surface area contributed by atoms with Crippen molar-refractivity contribution in [3.8, 4) is 0 Å². The zero-order chi connectivity index (χ0) is 23.2. The smallest absolute Gasteiger partial charge is 0.163 e. The Morgan fingerprint density at radius 2 is 1.35 bits per heavy atom. The lowest BCUT2D eigenvalue weighted by molar-refractivity contribution is 0.248. The van der Waals surface area contributed by atoms with Crippen LogP contribution in [0.4, 0.5) is 10.1 Å². The molecule has 34 heavy (non-hydrogen) atoms. The van der Waals surface area contributed by atoms with Gasteiger partial charge in [0.1, 0.15) is 5.82 Å². The van der Waals surface area contributed by atoms with Gasteiger partial charge in [0.15, 0.2) is 5.82 Å². The molecule has 0 radical (unpaired) electrons. The van der Waals surface area contributed by atoms with Crippen LogP contribution in [0, 0.1) is 5.82 Å². The molecule has 174 valence electrons. The summed E-state index contributed by atoms with van der Waals surface area (Å²) in [4.78, 5) is 4.80. The van der Waals surface area contributed by atoms with Gasteiger partial charge in [0.2, 0.25) is 0 Å². The molecule has 0 amide bonds. The van der Waals surface area contributed by atoms with Crippen molar-refractivity contribution in [2.24, 2.45) is 0 Å². The highest BCUT2D eigenvalue weighted by molar-refractivity contribution is 5.46. The van der Waals surface area contributed by atoms with E-state index in [9.17, 15) is 4.39 Å². The van der Waals surface area contributed by atoms with Gasteiger partial charge >= 0.3 is 0 Å². The molecule has 1 aromatic heterocycles. The summed E-state index contributed by atoms with van der Waals surface area (Å²) in [5, 5.41) is 12.8. The Labute approximate surface area is 199 Å². The van der Waals surface area contributed by atoms with Gasteiger partial charge < -0.3 is 4.90 Å². The number of hydrogen-bond donors (Lipinski definition) is 0. The van der Waals surface area contributed by atoms with E-state index in [-0.39, 0.29) is 11.7 Å². The van der Waals surface area contributed by atoms with E-state index in [1.165, 1.54) is 23.3 Å². The zero-order valence-corrected chi connectivity index (χ0v) is 19.2. The lowest BCUT2D eigenvalue weighted by atomic mass is 9.90. The van der Waals surface area contributed by atoms with Crippen molar-refractivity contribution in [2.45, 2.75) is 18.9 Å². The standard InChI is InChI=1S/C27H29FN6/c28-24-12-14-25(15-13-24)33-20-18-32(19-21-33)16-7-17-34-27(29-30-31-34)26(22-8-3-1-4-9-22)23-10-5-2-6-11-23/h1-6,8-15,26H,7,16-21H2. The fraction of sp³-hybridized carbons (Fsp3) is 0.296. The lowest BCUT2D eigenvalue weighted by Crippen LogP contribution is -2.46. The highest BCUT2D eigenvalue weighted by atomic mass is 19.1. The third kappa shape index (κ3) is 5.15. The summed E-state index contributed by atoms with van der Waals surface area (Å²) >= 11 is 0. The predicted octanol–water partition coefficient (Wildman–Crippen LogP) is 4.20. The van der Waals surface area contributed by atoms with Crippen LogP contribution in [-0.2, 0) is 6.54 Å². The molecule has 0 spiro atoms. The maximum Gasteiger partial charge on any atom is 0.163 e. The molecule has 1 saturated heterocycles. The fourth-order valence-corrected chi connectivity index (χ4v) is 4.68. The van der Waals surface area contributed by atoms with Crippen LogP contribution >= 0.6 is 0 Å². The number of piperazine rings is 1. The summed E-state index contributed by atoms with van der Waals surface area (Å²) in [5.74, 6) is 0.682. The normalized spacial score (nSPS) is 14.6. The van der Waals surface area contributed by atoms with E-state index in [0.29, 0.717) is 0 Å². The van der Waals surface area contributed by atoms with Crippen LogP contribution in [-0.4, -0.2) is 57.8 Å². The van der Waals surface area contributed by atoms with Crippen molar-refractivity contribution >= 4 is 5.69 Å². The molecule has 2 heterocycles. The molecule has 0 unspecified atom stereocenters. The van der Waals surface area contributed by atoms with E-state index >= 15 is 0 Å². The van der Waals surface area contributed by atoms with Crippen LogP contribution in [0.3, 0.4) is 0 Å². The van der Waals surface area contributed by atoms with E-state index in [2.05, 4.69) is 73.9 Å². The van der Waals surface area contributed by atoms with E-state index in [1.807, 2.05) is 28.9 Å². The molecule has 0 atom stereocenters. The Hall–Kier alpha value is -3.58. The first kappa shape index (κ1) is 22.2. The molecule has 0 N–H and O–H groups in total. The average Bonchev–Trinajstić information content (AvgIpc) is 3.34. The summed E-state index contributed by atoms with van der Waals surface area (Å²) in [7, 11) is 0. The molecular weight excluding hydrogens is 427 g/mol. The molecule has 7 heteroatoms. The molecule has 6 nitrogen and oxygen atoms in total. The quantitative estimate of drug-likeness (QED) is 0.398. The van der Waals surface area contributed by atoms with Crippen molar-refractivity contribution in [2.75, 3.05) is 37.6 Å². The van der Waals surface area contributed by atoms with Gasteiger partial charge in [-0.1, -0.05) is 60.7 Å². The number of aromatic nitrogens is 4. The second-order valence-corrected chi connectivity index (χ2v) is 8.67. The van der Waals surface area contributed by atoms with Crippen molar-refractivity contribution in [3.05, 3.63) is 108 Å². The molecule has 5 rings (SSSR count). The van der Waals surface area contributed by atoms with Gasteiger partial charge in [-0.25, -0.2) is 9.07 Å². The van der Waals surface area contributed by atoms with E-state index in [1.54, 1.807) is 0 Å². The monoisotopic (exact) mass is 456 g/mol. The van der Waals surface area contributed by atoms with Crippen LogP contribution in [0.1, 0.15) is 29.3 Å². The van der Waals surface area contributed by atoms with Gasteiger partial charge in [-0.3, -0.25) is 4.90 Å². The van der Waals surface area contributed by atoms with E-state index < -0.39 is 0 Å². The molecule has 4 aromatic rings. The highest BCUT2D eigenvalue weighted by Crippen LogP contribution is 2.30. The first-order valence-electron chi connectivity index (χ1n) is 11.9. The molecule has 3 aromatic carbocycles. The van der Waals surface area contributed by atoms with Crippen molar-refractivity contribution in [1.29, 1.82) is 0 Å². The maximum absolute atomic E-state index is 13.2. The Bertz CT molecular complexity index is 1120. The van der Waals surface area contributed by atoms with Gasteiger partial charge in [0.05, 0.1) is 5.92 Å². The molecule has 0 aliphatic carbocycles. The maximum atomic E-state index is 13.2. The SMILES string of the molecule is Fc1ccc(N2CCN(CCCn3nnnc3C(c3ccccc3)c3ccccc3)CC2)cc1. The van der Waals surface area contributed by atoms with Crippen molar-refractivity contribution in [1.82, 2.24) is 25.1 Å². The van der Waals surface area contributed by atoms with Crippen LogP contribution in [0.25, 0.3) is 0 Å². The number of nitrogens with zero attached hydrogens (tertiary/aromatic N) is 6. The molecular formula is C27H29FN6. The van der Waals surface area contributed by atoms with E-state index in [0.717, 1.165) is 57.2 Å². The Morgan fingerprint density at radius 1 is 0.735 bits per heavy atom. The Kier molecular flexibility index (Phi) is 6.91. The number of hydrogen-bond acceptors (Lipinski definition) is 5. The minimum absolute atomic E-state index is 0.00310. The Balaban J connectivity index is 1.21. The predicted molar refractivity (Wildman–Crippen MR) is 131 cm³/mol. The molecule has 1 fully saturated rings. The second kappa shape index (κ2) is 10.6. The van der Waals surface area contributed by atoms with Crippen LogP contribution in [0.2, 0.25) is 0 Å². The number of halogens is 1. The largest absolute Gasteiger partial charge is 0.369 e. The second-order valence-electron chi connectivity index (χ2n) is 8.67. The molecule has 0 bridgehead atoms. The zero-order valence-electron chi connectivity index (χ0n) is 19.2. The average molecular weight is 457 g/mol. The number of aryl methyl sites for hydroxylation is 1. The summed E-state index contributed by atoms with van der Waals surface area (Å²) in [5.41, 5.74) is 3.45. The van der Waals surface area contributed by atoms with Crippen LogP contribution < -0.4 is 4.90 Å². The van der Waals surface area contributed by atoms with Gasteiger partial charge in [0, 0.05) is 45.0 Å². The van der Waals surface area contributed by atoms with Crippen molar-refractivity contribution < 1.29 is 4.39 Å². The number of benzene rings is 3. The van der Waals surface area contributed by atoms with Crippen LogP contribution in [0.5, 0.6) is 0 Å². The minimum atomic E-state index is -0.189. The van der Waals surface area contributed by atoms with Gasteiger partial charge in [0.25, 0.3) is 0 Å². The summed E-state index contributed by atoms with van der Waals surface area (Å²) < 4.78 is 15.2. The Morgan fingerprint density at radius 3 is 1.97 bits per heavy atom. The summed E-state index contributed by atoms with van der Waals surface area (Å²) in [6, 6.07) is 27.6. The van der Waals surface area contributed by atoms with Crippen molar-refractivity contribution in [3.63, 3.8) is 0 Å². The molecule has 1 aliphatic heterocycles. The number of tetrazole rings is 1. The lowest BCUT2D eigenvalue weighted by Gasteiger charge is -2.36. The third-order valence-corrected chi connectivity index (χ3v) is 6.49. The first-order valence-corrected chi connectivity index (χ1v) is 11.9. The van der Waals surface area contributed by atoms with Gasteiger partial charge in [-0.2, -0.15) is 0 Å². The molecule has 0 saturated carbocycles. The highest BCUT2D eigenvalue weighted by Gasteiger charge is 2.23. The first-order chi connectivity index (χ1) is 16.8. The number of anilines is 1.